The Balaban J connectivity index is 1.50. The zero-order chi connectivity index (χ0) is 21.3. The van der Waals surface area contributed by atoms with Gasteiger partial charge < -0.3 is 9.47 Å². The summed E-state index contributed by atoms with van der Waals surface area (Å²) < 4.78 is 36.5. The molecule has 3 aromatic rings. The first-order chi connectivity index (χ1) is 14.4. The van der Waals surface area contributed by atoms with Crippen LogP contribution in [0, 0.1) is 0 Å². The number of hydrogen-bond acceptors (Lipinski definition) is 6. The van der Waals surface area contributed by atoms with Crippen LogP contribution in [0.4, 0.5) is 0 Å². The summed E-state index contributed by atoms with van der Waals surface area (Å²) in [5.74, 6) is -0.655. The third-order valence-electron chi connectivity index (χ3n) is 4.58. The summed E-state index contributed by atoms with van der Waals surface area (Å²) in [6.45, 7) is 0.0141. The van der Waals surface area contributed by atoms with Crippen LogP contribution >= 0.6 is 11.6 Å². The van der Waals surface area contributed by atoms with Crippen LogP contribution in [0.3, 0.4) is 0 Å². The lowest BCUT2D eigenvalue weighted by Crippen LogP contribution is -2.21. The number of carbonyl (C=O) groups excluding carboxylic acids is 2. The molecule has 1 aliphatic heterocycles. The van der Waals surface area contributed by atoms with Gasteiger partial charge in [0.05, 0.1) is 20.4 Å². The van der Waals surface area contributed by atoms with Crippen LogP contribution in [0.5, 0.6) is 5.75 Å². The maximum atomic E-state index is 12.9. The van der Waals surface area contributed by atoms with Gasteiger partial charge in [0.15, 0.2) is 5.78 Å². The molecule has 0 saturated heterocycles. The number of hydrogen-bond donors (Lipinski definition) is 0. The summed E-state index contributed by atoms with van der Waals surface area (Å²) in [7, 11) is -3.92. The highest BCUT2D eigenvalue weighted by Gasteiger charge is 2.35. The van der Waals surface area contributed by atoms with Gasteiger partial charge in [-0.05, 0) is 42.5 Å². The molecule has 0 saturated carbocycles. The molecule has 0 spiro atoms. The maximum absolute atomic E-state index is 12.9. The van der Waals surface area contributed by atoms with E-state index in [1.807, 2.05) is 0 Å². The number of para-hydroxylation sites is 1. The van der Waals surface area contributed by atoms with Crippen molar-refractivity contribution in [2.24, 2.45) is 0 Å². The van der Waals surface area contributed by atoms with E-state index in [-0.39, 0.29) is 39.7 Å². The van der Waals surface area contributed by atoms with Gasteiger partial charge in [0.2, 0.25) is 9.84 Å². The van der Waals surface area contributed by atoms with E-state index >= 15 is 0 Å². The molecule has 3 aromatic carbocycles. The molecule has 0 aromatic heterocycles. The molecule has 152 valence electrons. The van der Waals surface area contributed by atoms with Crippen molar-refractivity contribution in [3.63, 3.8) is 0 Å². The highest BCUT2D eigenvalue weighted by Crippen LogP contribution is 2.34. The molecule has 0 fully saturated rings. The molecule has 0 amide bonds. The predicted molar refractivity (Wildman–Crippen MR) is 109 cm³/mol. The quantitative estimate of drug-likeness (QED) is 0.343. The lowest BCUT2D eigenvalue weighted by atomic mass is 10.0. The summed E-state index contributed by atoms with van der Waals surface area (Å²) in [6, 6.07) is 16.8. The van der Waals surface area contributed by atoms with Gasteiger partial charge in [0, 0.05) is 11.1 Å². The number of benzene rings is 3. The van der Waals surface area contributed by atoms with Gasteiger partial charge >= 0.3 is 5.97 Å². The topological polar surface area (TPSA) is 86.7 Å². The molecule has 30 heavy (non-hydrogen) atoms. The average Bonchev–Trinajstić information content (AvgIpc) is 2.76. The fourth-order valence-corrected chi connectivity index (χ4v) is 5.01. The van der Waals surface area contributed by atoms with Crippen molar-refractivity contribution in [1.82, 2.24) is 0 Å². The summed E-state index contributed by atoms with van der Waals surface area (Å²) in [5.41, 5.74) is 0.187. The second kappa shape index (κ2) is 7.93. The summed E-state index contributed by atoms with van der Waals surface area (Å²) in [4.78, 5) is 24.7. The standard InChI is InChI=1S/C22H15ClO6S/c23-17-6-2-3-7-18(17)28-11-12-29-22(25)14-9-10-16-20(13-14)30(26,27)19-8-4-1-5-15(19)21(16)24/h1-10,13H,11-12H2. The first-order valence-electron chi connectivity index (χ1n) is 8.97. The Morgan fingerprint density at radius 2 is 1.57 bits per heavy atom. The molecule has 0 aliphatic carbocycles. The Morgan fingerprint density at radius 1 is 0.867 bits per heavy atom. The monoisotopic (exact) mass is 442 g/mol. The third kappa shape index (κ3) is 3.58. The van der Waals surface area contributed by atoms with Crippen LogP contribution in [-0.4, -0.2) is 33.4 Å². The molecule has 4 rings (SSSR count). The average molecular weight is 443 g/mol. The fourth-order valence-electron chi connectivity index (χ4n) is 3.14. The van der Waals surface area contributed by atoms with Crippen molar-refractivity contribution in [3.05, 3.63) is 88.4 Å². The van der Waals surface area contributed by atoms with Crippen LogP contribution in [0.2, 0.25) is 5.02 Å². The second-order valence-corrected chi connectivity index (χ2v) is 8.75. The first kappa shape index (κ1) is 20.1. The Labute approximate surface area is 177 Å². The number of ketones is 1. The number of sulfone groups is 1. The Hall–Kier alpha value is -3.16. The van der Waals surface area contributed by atoms with Crippen molar-refractivity contribution < 1.29 is 27.5 Å². The van der Waals surface area contributed by atoms with E-state index in [9.17, 15) is 18.0 Å². The van der Waals surface area contributed by atoms with Gasteiger partial charge in [0.1, 0.15) is 19.0 Å². The first-order valence-corrected chi connectivity index (χ1v) is 10.8. The van der Waals surface area contributed by atoms with Gasteiger partial charge in [-0.1, -0.05) is 35.9 Å². The van der Waals surface area contributed by atoms with Crippen LogP contribution in [0.15, 0.2) is 76.5 Å². The molecule has 8 heteroatoms. The van der Waals surface area contributed by atoms with Gasteiger partial charge in [-0.3, -0.25) is 4.79 Å². The second-order valence-electron chi connectivity index (χ2n) is 6.45. The van der Waals surface area contributed by atoms with E-state index in [4.69, 9.17) is 21.1 Å². The molecule has 0 unspecified atom stereocenters. The lowest BCUT2D eigenvalue weighted by Gasteiger charge is -2.19. The predicted octanol–water partition coefficient (Wildman–Crippen LogP) is 3.95. The van der Waals surface area contributed by atoms with Crippen molar-refractivity contribution in [2.45, 2.75) is 9.79 Å². The van der Waals surface area contributed by atoms with Crippen molar-refractivity contribution in [3.8, 4) is 5.75 Å². The normalized spacial score (nSPS) is 13.8. The van der Waals surface area contributed by atoms with Crippen molar-refractivity contribution in [1.29, 1.82) is 0 Å². The van der Waals surface area contributed by atoms with Crippen molar-refractivity contribution in [2.75, 3.05) is 13.2 Å². The molecule has 1 heterocycles. The summed E-state index contributed by atoms with van der Waals surface area (Å²) >= 11 is 5.99. The van der Waals surface area contributed by atoms with E-state index < -0.39 is 21.6 Å². The summed E-state index contributed by atoms with van der Waals surface area (Å²) in [5, 5.41) is 0.439. The molecule has 6 nitrogen and oxygen atoms in total. The van der Waals surface area contributed by atoms with E-state index in [2.05, 4.69) is 0 Å². The SMILES string of the molecule is O=C(OCCOc1ccccc1Cl)c1ccc2c(c1)S(=O)(=O)c1ccccc1C2=O. The minimum absolute atomic E-state index is 0.0299. The molecular formula is C22H15ClO6S. The Bertz CT molecular complexity index is 1270. The minimum Gasteiger partial charge on any atom is -0.488 e. The van der Waals surface area contributed by atoms with Crippen molar-refractivity contribution >= 4 is 33.2 Å². The third-order valence-corrected chi connectivity index (χ3v) is 6.75. The number of fused-ring (bicyclic) bond motifs is 2. The maximum Gasteiger partial charge on any atom is 0.338 e. The highest BCUT2D eigenvalue weighted by atomic mass is 35.5. The largest absolute Gasteiger partial charge is 0.488 e. The van der Waals surface area contributed by atoms with Crippen LogP contribution in [-0.2, 0) is 14.6 Å². The molecule has 1 aliphatic rings. The Kier molecular flexibility index (Phi) is 5.32. The Morgan fingerprint density at radius 3 is 2.37 bits per heavy atom. The number of ether oxygens (including phenoxy) is 2. The van der Waals surface area contributed by atoms with E-state index in [0.29, 0.717) is 10.8 Å². The molecule has 0 atom stereocenters. The van der Waals surface area contributed by atoms with E-state index in [1.54, 1.807) is 36.4 Å². The van der Waals surface area contributed by atoms with E-state index in [1.165, 1.54) is 30.3 Å². The van der Waals surface area contributed by atoms with E-state index in [0.717, 1.165) is 0 Å². The summed E-state index contributed by atoms with van der Waals surface area (Å²) in [6.07, 6.45) is 0. The number of rotatable bonds is 5. The highest BCUT2D eigenvalue weighted by molar-refractivity contribution is 7.91. The van der Waals surface area contributed by atoms with Gasteiger partial charge in [-0.2, -0.15) is 0 Å². The van der Waals surface area contributed by atoms with Crippen LogP contribution in [0.1, 0.15) is 26.3 Å². The van der Waals surface area contributed by atoms with Gasteiger partial charge in [-0.15, -0.1) is 0 Å². The fraction of sp³-hybridized carbons (Fsp3) is 0.0909. The van der Waals surface area contributed by atoms with Gasteiger partial charge in [0.25, 0.3) is 0 Å². The number of esters is 1. The number of halogens is 1. The minimum atomic E-state index is -3.92. The van der Waals surface area contributed by atoms with Crippen LogP contribution < -0.4 is 4.74 Å². The smallest absolute Gasteiger partial charge is 0.338 e. The zero-order valence-electron chi connectivity index (χ0n) is 15.5. The number of carbonyl (C=O) groups is 2. The lowest BCUT2D eigenvalue weighted by molar-refractivity contribution is 0.0450. The van der Waals surface area contributed by atoms with Gasteiger partial charge in [-0.25, -0.2) is 13.2 Å². The molecule has 0 bridgehead atoms. The zero-order valence-corrected chi connectivity index (χ0v) is 17.1. The molecule has 0 N–H and O–H groups in total. The van der Waals surface area contributed by atoms with Crippen LogP contribution in [0.25, 0.3) is 0 Å². The molecule has 0 radical (unpaired) electrons. The molecular weight excluding hydrogens is 428 g/mol.